The highest BCUT2D eigenvalue weighted by molar-refractivity contribution is 7.98. The predicted octanol–water partition coefficient (Wildman–Crippen LogP) is 2.87. The monoisotopic (exact) mass is 287 g/mol. The maximum atomic E-state index is 6.04. The fourth-order valence-electron chi connectivity index (χ4n) is 2.05. The van der Waals surface area contributed by atoms with Crippen LogP contribution in [-0.2, 0) is 10.3 Å². The molecule has 0 unspecified atom stereocenters. The summed E-state index contributed by atoms with van der Waals surface area (Å²) in [4.78, 5) is 4.46. The van der Waals surface area contributed by atoms with Gasteiger partial charge in [-0.1, -0.05) is 19.0 Å². The van der Waals surface area contributed by atoms with Crippen molar-refractivity contribution in [1.29, 1.82) is 0 Å². The third-order valence-corrected chi connectivity index (χ3v) is 4.01. The average molecular weight is 287 g/mol. The molecule has 0 spiro atoms. The molecule has 0 aromatic carbocycles. The van der Waals surface area contributed by atoms with E-state index in [4.69, 9.17) is 15.0 Å². The maximum absolute atomic E-state index is 6.04. The summed E-state index contributed by atoms with van der Waals surface area (Å²) in [6, 6.07) is -0.193. The molecule has 0 aliphatic carbocycles. The van der Waals surface area contributed by atoms with Crippen molar-refractivity contribution in [1.82, 2.24) is 10.1 Å². The molecule has 0 bridgehead atoms. The second-order valence-corrected chi connectivity index (χ2v) is 5.46. The van der Waals surface area contributed by atoms with Crippen molar-refractivity contribution in [2.45, 2.75) is 51.7 Å². The minimum absolute atomic E-state index is 0.193. The Morgan fingerprint density at radius 2 is 2.05 bits per heavy atom. The van der Waals surface area contributed by atoms with Crippen LogP contribution in [0.15, 0.2) is 4.52 Å². The number of ether oxygens (including phenoxy) is 1. The summed E-state index contributed by atoms with van der Waals surface area (Å²) in [6.07, 6.45) is 4.52. The molecular formula is C13H25N3O2S. The summed E-state index contributed by atoms with van der Waals surface area (Å²) in [7, 11) is 0. The van der Waals surface area contributed by atoms with E-state index in [0.717, 1.165) is 25.0 Å². The molecule has 0 saturated heterocycles. The molecule has 0 radical (unpaired) electrons. The smallest absolute Gasteiger partial charge is 0.243 e. The van der Waals surface area contributed by atoms with Crippen LogP contribution in [0.1, 0.15) is 57.8 Å². The summed E-state index contributed by atoms with van der Waals surface area (Å²) < 4.78 is 11.2. The number of hydrogen-bond acceptors (Lipinski definition) is 6. The van der Waals surface area contributed by atoms with Gasteiger partial charge in [0.05, 0.1) is 6.04 Å². The summed E-state index contributed by atoms with van der Waals surface area (Å²) in [5.74, 6) is 2.11. The molecule has 110 valence electrons. The Morgan fingerprint density at radius 3 is 2.58 bits per heavy atom. The lowest BCUT2D eigenvalue weighted by Crippen LogP contribution is -2.30. The van der Waals surface area contributed by atoms with Crippen LogP contribution in [0, 0.1) is 0 Å². The topological polar surface area (TPSA) is 74.2 Å². The van der Waals surface area contributed by atoms with E-state index in [1.54, 1.807) is 11.8 Å². The van der Waals surface area contributed by atoms with Crippen molar-refractivity contribution >= 4 is 11.8 Å². The van der Waals surface area contributed by atoms with Crippen molar-refractivity contribution in [3.63, 3.8) is 0 Å². The first-order valence-corrected chi connectivity index (χ1v) is 8.25. The van der Waals surface area contributed by atoms with Gasteiger partial charge in [-0.15, -0.1) is 0 Å². The number of nitrogens with two attached hydrogens (primary N) is 1. The second-order valence-electron chi connectivity index (χ2n) is 4.48. The number of thioether (sulfide) groups is 1. The van der Waals surface area contributed by atoms with Gasteiger partial charge >= 0.3 is 0 Å². The van der Waals surface area contributed by atoms with Crippen LogP contribution in [0.3, 0.4) is 0 Å². The summed E-state index contributed by atoms with van der Waals surface area (Å²) in [5, 5.41) is 4.08. The SMILES string of the molecule is CCOC(CC)(CC)c1noc([C@H](N)CCSC)n1. The fourth-order valence-corrected chi connectivity index (χ4v) is 2.54. The highest BCUT2D eigenvalue weighted by Crippen LogP contribution is 2.31. The Hall–Kier alpha value is -0.590. The van der Waals surface area contributed by atoms with Gasteiger partial charge in [0.25, 0.3) is 0 Å². The van der Waals surface area contributed by atoms with E-state index in [1.807, 2.05) is 6.92 Å². The van der Waals surface area contributed by atoms with Gasteiger partial charge in [-0.05, 0) is 38.2 Å². The van der Waals surface area contributed by atoms with Gasteiger partial charge in [0.2, 0.25) is 11.7 Å². The second kappa shape index (κ2) is 7.87. The molecule has 1 aromatic rings. The first kappa shape index (κ1) is 16.5. The molecule has 2 N–H and O–H groups in total. The van der Waals surface area contributed by atoms with Crippen molar-refractivity contribution in [2.24, 2.45) is 5.73 Å². The van der Waals surface area contributed by atoms with E-state index in [-0.39, 0.29) is 6.04 Å². The molecule has 0 fully saturated rings. The highest BCUT2D eigenvalue weighted by atomic mass is 32.2. The van der Waals surface area contributed by atoms with Gasteiger partial charge in [0.15, 0.2) is 0 Å². The molecule has 6 heteroatoms. The zero-order valence-corrected chi connectivity index (χ0v) is 13.1. The standard InChI is InChI=1S/C13H25N3O2S/c1-5-13(6-2,17-7-3)12-15-11(18-16-12)10(14)8-9-19-4/h10H,5-9,14H2,1-4H3/t10-/m1/s1. The average Bonchev–Trinajstić information content (AvgIpc) is 2.92. The van der Waals surface area contributed by atoms with Crippen LogP contribution in [0.5, 0.6) is 0 Å². The Kier molecular flexibility index (Phi) is 6.82. The zero-order chi connectivity index (χ0) is 14.3. The first-order valence-electron chi connectivity index (χ1n) is 6.86. The minimum Gasteiger partial charge on any atom is -0.367 e. The van der Waals surface area contributed by atoms with Crippen molar-refractivity contribution in [3.8, 4) is 0 Å². The molecule has 19 heavy (non-hydrogen) atoms. The molecule has 1 aromatic heterocycles. The summed E-state index contributed by atoms with van der Waals surface area (Å²) in [6.45, 7) is 6.75. The largest absolute Gasteiger partial charge is 0.367 e. The lowest BCUT2D eigenvalue weighted by atomic mass is 9.96. The predicted molar refractivity (Wildman–Crippen MR) is 78.1 cm³/mol. The molecule has 0 amide bonds. The van der Waals surface area contributed by atoms with Crippen LogP contribution in [-0.4, -0.2) is 28.8 Å². The van der Waals surface area contributed by atoms with E-state index >= 15 is 0 Å². The van der Waals surface area contributed by atoms with Crippen LogP contribution >= 0.6 is 11.8 Å². The number of hydrogen-bond donors (Lipinski definition) is 1. The number of rotatable bonds is 9. The Morgan fingerprint density at radius 1 is 1.37 bits per heavy atom. The molecule has 1 atom stereocenters. The van der Waals surface area contributed by atoms with Gasteiger partial charge in [-0.25, -0.2) is 0 Å². The highest BCUT2D eigenvalue weighted by Gasteiger charge is 2.35. The molecule has 0 saturated carbocycles. The zero-order valence-electron chi connectivity index (χ0n) is 12.3. The van der Waals surface area contributed by atoms with Crippen molar-refractivity contribution in [2.75, 3.05) is 18.6 Å². The quantitative estimate of drug-likeness (QED) is 0.752. The van der Waals surface area contributed by atoms with E-state index in [9.17, 15) is 0 Å². The number of aromatic nitrogens is 2. The molecule has 5 nitrogen and oxygen atoms in total. The van der Waals surface area contributed by atoms with Crippen molar-refractivity contribution < 1.29 is 9.26 Å². The lowest BCUT2D eigenvalue weighted by molar-refractivity contribution is -0.0583. The number of nitrogens with zero attached hydrogens (tertiary/aromatic N) is 2. The van der Waals surface area contributed by atoms with E-state index in [0.29, 0.717) is 18.3 Å². The normalized spacial score (nSPS) is 13.7. The Balaban J connectivity index is 2.86. The lowest BCUT2D eigenvalue weighted by Gasteiger charge is -2.27. The van der Waals surface area contributed by atoms with E-state index in [2.05, 4.69) is 30.2 Å². The molecular weight excluding hydrogens is 262 g/mol. The van der Waals surface area contributed by atoms with Crippen LogP contribution in [0.2, 0.25) is 0 Å². The molecule has 1 rings (SSSR count). The first-order chi connectivity index (χ1) is 9.13. The maximum Gasteiger partial charge on any atom is 0.243 e. The van der Waals surface area contributed by atoms with Crippen LogP contribution in [0.4, 0.5) is 0 Å². The van der Waals surface area contributed by atoms with Gasteiger partial charge in [-0.2, -0.15) is 16.7 Å². The Bertz CT molecular complexity index is 367. The third kappa shape index (κ3) is 3.94. The van der Waals surface area contributed by atoms with Crippen molar-refractivity contribution in [3.05, 3.63) is 11.7 Å². The molecule has 1 heterocycles. The third-order valence-electron chi connectivity index (χ3n) is 3.36. The van der Waals surface area contributed by atoms with Crippen LogP contribution < -0.4 is 5.73 Å². The molecule has 0 aliphatic rings. The minimum atomic E-state index is -0.449. The van der Waals surface area contributed by atoms with Gasteiger partial charge in [0.1, 0.15) is 5.60 Å². The molecule has 0 aliphatic heterocycles. The van der Waals surface area contributed by atoms with E-state index in [1.165, 1.54) is 0 Å². The van der Waals surface area contributed by atoms with Gasteiger partial charge < -0.3 is 15.0 Å². The van der Waals surface area contributed by atoms with Gasteiger partial charge in [0, 0.05) is 6.61 Å². The Labute approximate surface area is 119 Å². The van der Waals surface area contributed by atoms with Crippen LogP contribution in [0.25, 0.3) is 0 Å². The van der Waals surface area contributed by atoms with Gasteiger partial charge in [-0.3, -0.25) is 0 Å². The van der Waals surface area contributed by atoms with E-state index < -0.39 is 5.60 Å². The summed E-state index contributed by atoms with van der Waals surface area (Å²) in [5.41, 5.74) is 5.60. The summed E-state index contributed by atoms with van der Waals surface area (Å²) >= 11 is 1.76. The fraction of sp³-hybridized carbons (Fsp3) is 0.846.